The zero-order valence-corrected chi connectivity index (χ0v) is 10.4. The first-order valence-corrected chi connectivity index (χ1v) is 6.40. The van der Waals surface area contributed by atoms with Crippen LogP contribution in [-0.4, -0.2) is 31.8 Å². The number of methoxy groups -OCH3 is 1. The van der Waals surface area contributed by atoms with Gasteiger partial charge in [0.1, 0.15) is 5.15 Å². The molecule has 15 heavy (non-hydrogen) atoms. The van der Waals surface area contributed by atoms with Gasteiger partial charge in [-0.25, -0.2) is 4.98 Å². The Bertz CT molecular complexity index is 316. The molecule has 0 bridgehead atoms. The normalized spacial score (nSPS) is 22.0. The van der Waals surface area contributed by atoms with Gasteiger partial charge < -0.3 is 9.64 Å². The molecule has 3 nitrogen and oxygen atoms in total. The van der Waals surface area contributed by atoms with Crippen molar-refractivity contribution in [2.75, 3.05) is 31.7 Å². The van der Waals surface area contributed by atoms with Gasteiger partial charge in [-0.05, 0) is 18.8 Å². The largest absolute Gasteiger partial charge is 0.384 e. The second kappa shape index (κ2) is 5.14. The average molecular weight is 247 g/mol. The summed E-state index contributed by atoms with van der Waals surface area (Å²) in [5.74, 6) is 0.631. The van der Waals surface area contributed by atoms with Crippen LogP contribution in [0.5, 0.6) is 0 Å². The van der Waals surface area contributed by atoms with Gasteiger partial charge in [-0.15, -0.1) is 11.3 Å². The molecule has 84 valence electrons. The molecule has 1 fully saturated rings. The Balaban J connectivity index is 1.98. The average Bonchev–Trinajstić information content (AvgIpc) is 2.66. The van der Waals surface area contributed by atoms with Crippen molar-refractivity contribution < 1.29 is 4.74 Å². The molecule has 5 heteroatoms. The number of halogens is 1. The van der Waals surface area contributed by atoms with Crippen LogP contribution >= 0.6 is 22.9 Å². The molecule has 1 atom stereocenters. The van der Waals surface area contributed by atoms with E-state index >= 15 is 0 Å². The van der Waals surface area contributed by atoms with E-state index in [9.17, 15) is 0 Å². The van der Waals surface area contributed by atoms with Gasteiger partial charge in [-0.1, -0.05) is 11.6 Å². The molecule has 0 saturated carbocycles. The molecule has 1 unspecified atom stereocenters. The van der Waals surface area contributed by atoms with Crippen molar-refractivity contribution in [2.45, 2.75) is 12.8 Å². The van der Waals surface area contributed by atoms with Crippen molar-refractivity contribution in [1.29, 1.82) is 0 Å². The number of rotatable bonds is 3. The summed E-state index contributed by atoms with van der Waals surface area (Å²) in [6.07, 6.45) is 2.47. The third kappa shape index (κ3) is 2.83. The van der Waals surface area contributed by atoms with Crippen LogP contribution in [0.3, 0.4) is 0 Å². The van der Waals surface area contributed by atoms with Gasteiger partial charge in [0.2, 0.25) is 0 Å². The van der Waals surface area contributed by atoms with Gasteiger partial charge in [0, 0.05) is 25.6 Å². The number of piperidine rings is 1. The maximum atomic E-state index is 5.83. The molecule has 2 rings (SSSR count). The smallest absolute Gasteiger partial charge is 0.186 e. The second-order valence-corrected chi connectivity index (χ2v) is 5.09. The number of nitrogens with zero attached hydrogens (tertiary/aromatic N) is 2. The molecule has 1 aliphatic heterocycles. The third-order valence-electron chi connectivity index (χ3n) is 2.66. The first-order chi connectivity index (χ1) is 7.29. The van der Waals surface area contributed by atoms with Crippen LogP contribution in [0.15, 0.2) is 5.38 Å². The predicted molar refractivity (Wildman–Crippen MR) is 63.9 cm³/mol. The van der Waals surface area contributed by atoms with Crippen LogP contribution in [0.25, 0.3) is 0 Å². The lowest BCUT2D eigenvalue weighted by Crippen LogP contribution is -2.37. The molecule has 1 aromatic rings. The van der Waals surface area contributed by atoms with Crippen molar-refractivity contribution in [1.82, 2.24) is 4.98 Å². The fourth-order valence-corrected chi connectivity index (χ4v) is 2.99. The van der Waals surface area contributed by atoms with Crippen LogP contribution < -0.4 is 4.90 Å². The molecule has 2 heterocycles. The number of thiazole rings is 1. The summed E-state index contributed by atoms with van der Waals surface area (Å²) < 4.78 is 5.20. The van der Waals surface area contributed by atoms with Crippen LogP contribution in [0.4, 0.5) is 5.13 Å². The molecular weight excluding hydrogens is 232 g/mol. The number of aromatic nitrogens is 1. The minimum absolute atomic E-state index is 0.601. The minimum Gasteiger partial charge on any atom is -0.384 e. The molecule has 1 aliphatic rings. The highest BCUT2D eigenvalue weighted by Crippen LogP contribution is 2.27. The van der Waals surface area contributed by atoms with Gasteiger partial charge in [-0.2, -0.15) is 0 Å². The third-order valence-corrected chi connectivity index (χ3v) is 3.88. The molecule has 0 spiro atoms. The zero-order chi connectivity index (χ0) is 10.7. The Hall–Kier alpha value is -0.320. The molecule has 0 amide bonds. The molecule has 1 aromatic heterocycles. The van der Waals surface area contributed by atoms with Gasteiger partial charge in [0.05, 0.1) is 6.61 Å². The van der Waals surface area contributed by atoms with Crippen molar-refractivity contribution >= 4 is 28.1 Å². The molecule has 0 aromatic carbocycles. The Morgan fingerprint density at radius 1 is 1.73 bits per heavy atom. The van der Waals surface area contributed by atoms with Gasteiger partial charge >= 0.3 is 0 Å². The number of ether oxygens (including phenoxy) is 1. The van der Waals surface area contributed by atoms with Crippen LogP contribution in [0, 0.1) is 5.92 Å². The predicted octanol–water partition coefficient (Wildman–Crippen LogP) is 2.66. The highest BCUT2D eigenvalue weighted by Gasteiger charge is 2.21. The monoisotopic (exact) mass is 246 g/mol. The van der Waals surface area contributed by atoms with E-state index in [1.165, 1.54) is 12.8 Å². The summed E-state index contributed by atoms with van der Waals surface area (Å²) in [6, 6.07) is 0. The van der Waals surface area contributed by atoms with Gasteiger partial charge in [-0.3, -0.25) is 0 Å². The highest BCUT2D eigenvalue weighted by atomic mass is 35.5. The summed E-state index contributed by atoms with van der Waals surface area (Å²) in [5.41, 5.74) is 0. The SMILES string of the molecule is COCC1CCCN(c2nc(Cl)cs2)C1. The highest BCUT2D eigenvalue weighted by molar-refractivity contribution is 7.14. The second-order valence-electron chi connectivity index (χ2n) is 3.86. The van der Waals surface area contributed by atoms with E-state index in [-0.39, 0.29) is 0 Å². The first kappa shape index (κ1) is 11.2. The standard InChI is InChI=1S/C10H15ClN2OS/c1-14-6-8-3-2-4-13(5-8)10-12-9(11)7-15-10/h7-8H,2-6H2,1H3. The summed E-state index contributed by atoms with van der Waals surface area (Å²) in [5, 5.41) is 3.53. The lowest BCUT2D eigenvalue weighted by Gasteiger charge is -2.32. The van der Waals surface area contributed by atoms with Crippen LogP contribution in [0.1, 0.15) is 12.8 Å². The van der Waals surface area contributed by atoms with Crippen molar-refractivity contribution in [3.05, 3.63) is 10.5 Å². The van der Waals surface area contributed by atoms with E-state index in [1.54, 1.807) is 18.4 Å². The van der Waals surface area contributed by atoms with Crippen molar-refractivity contribution in [3.63, 3.8) is 0 Å². The van der Waals surface area contributed by atoms with Gasteiger partial charge in [0.15, 0.2) is 5.13 Å². The summed E-state index contributed by atoms with van der Waals surface area (Å²) >= 11 is 7.44. The first-order valence-electron chi connectivity index (χ1n) is 5.14. The van der Waals surface area contributed by atoms with E-state index in [2.05, 4.69) is 9.88 Å². The minimum atomic E-state index is 0.601. The van der Waals surface area contributed by atoms with E-state index in [1.807, 2.05) is 5.38 Å². The Morgan fingerprint density at radius 3 is 3.27 bits per heavy atom. The maximum Gasteiger partial charge on any atom is 0.186 e. The number of hydrogen-bond acceptors (Lipinski definition) is 4. The number of anilines is 1. The molecule has 0 aliphatic carbocycles. The molecule has 0 radical (unpaired) electrons. The lowest BCUT2D eigenvalue weighted by atomic mass is 9.99. The molecule has 1 saturated heterocycles. The summed E-state index contributed by atoms with van der Waals surface area (Å²) in [4.78, 5) is 6.61. The Morgan fingerprint density at radius 2 is 2.60 bits per heavy atom. The summed E-state index contributed by atoms with van der Waals surface area (Å²) in [7, 11) is 1.76. The molecule has 0 N–H and O–H groups in total. The Kier molecular flexibility index (Phi) is 3.83. The van der Waals surface area contributed by atoms with Crippen LogP contribution in [-0.2, 0) is 4.74 Å². The van der Waals surface area contributed by atoms with E-state index in [0.29, 0.717) is 11.1 Å². The topological polar surface area (TPSA) is 25.4 Å². The van der Waals surface area contributed by atoms with E-state index in [4.69, 9.17) is 16.3 Å². The molecular formula is C10H15ClN2OS. The van der Waals surface area contributed by atoms with Crippen LogP contribution in [0.2, 0.25) is 5.15 Å². The van der Waals surface area contributed by atoms with Crippen molar-refractivity contribution in [2.24, 2.45) is 5.92 Å². The van der Waals surface area contributed by atoms with Crippen molar-refractivity contribution in [3.8, 4) is 0 Å². The quantitative estimate of drug-likeness (QED) is 0.820. The fourth-order valence-electron chi connectivity index (χ4n) is 2.00. The summed E-state index contributed by atoms with van der Waals surface area (Å²) in [6.45, 7) is 2.97. The number of hydrogen-bond donors (Lipinski definition) is 0. The van der Waals surface area contributed by atoms with E-state index < -0.39 is 0 Å². The Labute approximate surface area is 99.0 Å². The lowest BCUT2D eigenvalue weighted by molar-refractivity contribution is 0.143. The maximum absolute atomic E-state index is 5.83. The fraction of sp³-hybridized carbons (Fsp3) is 0.700. The van der Waals surface area contributed by atoms with Gasteiger partial charge in [0.25, 0.3) is 0 Å². The zero-order valence-electron chi connectivity index (χ0n) is 8.78. The van der Waals surface area contributed by atoms with E-state index in [0.717, 1.165) is 24.8 Å².